The first-order valence-corrected chi connectivity index (χ1v) is 7.82. The number of hydrogen-bond acceptors (Lipinski definition) is 3. The van der Waals surface area contributed by atoms with Crippen LogP contribution in [0.25, 0.3) is 0 Å². The van der Waals surface area contributed by atoms with Crippen molar-refractivity contribution >= 4 is 11.4 Å². The van der Waals surface area contributed by atoms with Gasteiger partial charge in [0.2, 0.25) is 0 Å². The number of nitrogens with zero attached hydrogens (tertiary/aromatic N) is 2. The molecular weight excluding hydrogens is 246 g/mol. The molecule has 3 heteroatoms. The molecule has 0 bridgehead atoms. The minimum atomic E-state index is 0.617. The highest BCUT2D eigenvalue weighted by atomic mass is 15.2. The van der Waals surface area contributed by atoms with Crippen molar-refractivity contribution in [2.75, 3.05) is 43.5 Å². The van der Waals surface area contributed by atoms with E-state index in [4.69, 9.17) is 0 Å². The Bertz CT molecular complexity index is 397. The van der Waals surface area contributed by atoms with Gasteiger partial charge in [-0.05, 0) is 49.6 Å². The number of hydrogen-bond donors (Lipinski definition) is 1. The fraction of sp³-hybridized carbons (Fsp3) is 0.647. The number of anilines is 2. The van der Waals surface area contributed by atoms with Crippen molar-refractivity contribution in [2.45, 2.75) is 32.7 Å². The van der Waals surface area contributed by atoms with Crippen LogP contribution in [0.4, 0.5) is 11.4 Å². The quantitative estimate of drug-likeness (QED) is 0.911. The summed E-state index contributed by atoms with van der Waals surface area (Å²) in [5.74, 6) is 0.753. The summed E-state index contributed by atoms with van der Waals surface area (Å²) in [4.78, 5) is 4.68. The summed E-state index contributed by atoms with van der Waals surface area (Å²) in [5, 5.41) is 3.69. The van der Waals surface area contributed by atoms with Crippen LogP contribution in [-0.4, -0.2) is 39.8 Å². The molecule has 20 heavy (non-hydrogen) atoms. The summed E-state index contributed by atoms with van der Waals surface area (Å²) in [5.41, 5.74) is 2.62. The largest absolute Gasteiger partial charge is 0.378 e. The molecule has 1 aliphatic heterocycles. The van der Waals surface area contributed by atoms with E-state index in [1.807, 2.05) is 0 Å². The molecule has 0 aromatic heterocycles. The van der Waals surface area contributed by atoms with E-state index >= 15 is 0 Å². The Kier molecular flexibility index (Phi) is 5.30. The van der Waals surface area contributed by atoms with Gasteiger partial charge in [-0.3, -0.25) is 0 Å². The zero-order valence-corrected chi connectivity index (χ0v) is 13.4. The maximum Gasteiger partial charge on any atom is 0.0368 e. The number of rotatable bonds is 4. The van der Waals surface area contributed by atoms with E-state index in [9.17, 15) is 0 Å². The molecule has 0 amide bonds. The van der Waals surface area contributed by atoms with Crippen LogP contribution in [-0.2, 0) is 0 Å². The molecule has 1 fully saturated rings. The Morgan fingerprint density at radius 3 is 2.55 bits per heavy atom. The van der Waals surface area contributed by atoms with E-state index in [-0.39, 0.29) is 0 Å². The van der Waals surface area contributed by atoms with E-state index in [1.54, 1.807) is 0 Å². The van der Waals surface area contributed by atoms with Gasteiger partial charge in [-0.1, -0.05) is 13.8 Å². The molecule has 1 unspecified atom stereocenters. The average Bonchev–Trinajstić information content (AvgIpc) is 2.63. The van der Waals surface area contributed by atoms with Gasteiger partial charge in [0.15, 0.2) is 0 Å². The number of nitrogens with one attached hydrogen (secondary N) is 1. The summed E-state index contributed by atoms with van der Waals surface area (Å²) < 4.78 is 0. The van der Waals surface area contributed by atoms with Gasteiger partial charge < -0.3 is 15.1 Å². The monoisotopic (exact) mass is 275 g/mol. The van der Waals surface area contributed by atoms with Crippen molar-refractivity contribution in [3.8, 4) is 0 Å². The zero-order chi connectivity index (χ0) is 14.5. The molecule has 0 radical (unpaired) electrons. The molecule has 1 atom stereocenters. The smallest absolute Gasteiger partial charge is 0.0368 e. The molecule has 0 aliphatic carbocycles. The van der Waals surface area contributed by atoms with Crippen LogP contribution < -0.4 is 15.1 Å². The summed E-state index contributed by atoms with van der Waals surface area (Å²) in [6.45, 7) is 8.04. The highest BCUT2D eigenvalue weighted by molar-refractivity contribution is 5.56. The van der Waals surface area contributed by atoms with Gasteiger partial charge in [0.1, 0.15) is 0 Å². The van der Waals surface area contributed by atoms with Crippen molar-refractivity contribution < 1.29 is 0 Å². The Morgan fingerprint density at radius 2 is 1.95 bits per heavy atom. The minimum Gasteiger partial charge on any atom is -0.378 e. The summed E-state index contributed by atoms with van der Waals surface area (Å²) in [6.07, 6.45) is 2.48. The van der Waals surface area contributed by atoms with Gasteiger partial charge in [0.05, 0.1) is 0 Å². The lowest BCUT2D eigenvalue weighted by Crippen LogP contribution is -2.38. The van der Waals surface area contributed by atoms with Crippen LogP contribution in [0.15, 0.2) is 24.3 Å². The van der Waals surface area contributed by atoms with Gasteiger partial charge in [0.25, 0.3) is 0 Å². The topological polar surface area (TPSA) is 18.5 Å². The SMILES string of the molecule is CC(C)CC1CN(c2ccc(N(C)C)cc2)CCCN1. The predicted octanol–water partition coefficient (Wildman–Crippen LogP) is 2.97. The first-order chi connectivity index (χ1) is 9.56. The zero-order valence-electron chi connectivity index (χ0n) is 13.4. The molecular formula is C17H29N3. The van der Waals surface area contributed by atoms with Crippen molar-refractivity contribution in [2.24, 2.45) is 5.92 Å². The Morgan fingerprint density at radius 1 is 1.25 bits per heavy atom. The Labute approximate surface area is 124 Å². The summed E-state index contributed by atoms with van der Waals surface area (Å²) in [7, 11) is 4.17. The van der Waals surface area contributed by atoms with E-state index in [0.29, 0.717) is 6.04 Å². The van der Waals surface area contributed by atoms with Gasteiger partial charge in [-0.25, -0.2) is 0 Å². The van der Waals surface area contributed by atoms with Crippen LogP contribution >= 0.6 is 0 Å². The van der Waals surface area contributed by atoms with Crippen LogP contribution in [0.2, 0.25) is 0 Å². The first-order valence-electron chi connectivity index (χ1n) is 7.82. The number of benzene rings is 1. The molecule has 1 aromatic rings. The van der Waals surface area contributed by atoms with Crippen molar-refractivity contribution in [1.29, 1.82) is 0 Å². The van der Waals surface area contributed by atoms with Crippen LogP contribution in [0, 0.1) is 5.92 Å². The second kappa shape index (κ2) is 6.98. The van der Waals surface area contributed by atoms with Gasteiger partial charge in [-0.2, -0.15) is 0 Å². The predicted molar refractivity (Wildman–Crippen MR) is 88.8 cm³/mol. The third-order valence-corrected chi connectivity index (χ3v) is 3.97. The lowest BCUT2D eigenvalue weighted by atomic mass is 10.0. The van der Waals surface area contributed by atoms with Crippen molar-refractivity contribution in [3.63, 3.8) is 0 Å². The van der Waals surface area contributed by atoms with Gasteiger partial charge in [0, 0.05) is 44.6 Å². The molecule has 3 nitrogen and oxygen atoms in total. The maximum absolute atomic E-state index is 3.69. The molecule has 1 aliphatic rings. The van der Waals surface area contributed by atoms with E-state index in [1.165, 1.54) is 24.2 Å². The average molecular weight is 275 g/mol. The highest BCUT2D eigenvalue weighted by Crippen LogP contribution is 2.21. The minimum absolute atomic E-state index is 0.617. The van der Waals surface area contributed by atoms with E-state index < -0.39 is 0 Å². The third-order valence-electron chi connectivity index (χ3n) is 3.97. The summed E-state index contributed by atoms with van der Waals surface area (Å²) >= 11 is 0. The normalized spacial score (nSPS) is 20.1. The Hall–Kier alpha value is -1.22. The van der Waals surface area contributed by atoms with Gasteiger partial charge >= 0.3 is 0 Å². The molecule has 1 heterocycles. The van der Waals surface area contributed by atoms with Crippen molar-refractivity contribution in [3.05, 3.63) is 24.3 Å². The highest BCUT2D eigenvalue weighted by Gasteiger charge is 2.18. The molecule has 2 rings (SSSR count). The van der Waals surface area contributed by atoms with Crippen LogP contribution in [0.3, 0.4) is 0 Å². The molecule has 1 N–H and O–H groups in total. The fourth-order valence-electron chi connectivity index (χ4n) is 2.92. The second-order valence-corrected chi connectivity index (χ2v) is 6.49. The third kappa shape index (κ3) is 4.14. The Balaban J connectivity index is 2.05. The standard InChI is InChI=1S/C17H29N3/c1-14(2)12-15-13-20(11-5-10-18-15)17-8-6-16(7-9-17)19(3)4/h6-9,14-15,18H,5,10-13H2,1-4H3. The van der Waals surface area contributed by atoms with Gasteiger partial charge in [-0.15, -0.1) is 0 Å². The molecule has 1 saturated heterocycles. The lowest BCUT2D eigenvalue weighted by Gasteiger charge is -2.28. The molecule has 0 spiro atoms. The first kappa shape index (κ1) is 15.2. The molecule has 1 aromatic carbocycles. The molecule has 0 saturated carbocycles. The van der Waals surface area contributed by atoms with Crippen LogP contribution in [0.5, 0.6) is 0 Å². The van der Waals surface area contributed by atoms with Crippen molar-refractivity contribution in [1.82, 2.24) is 5.32 Å². The maximum atomic E-state index is 3.69. The van der Waals surface area contributed by atoms with E-state index in [2.05, 4.69) is 67.3 Å². The lowest BCUT2D eigenvalue weighted by molar-refractivity contribution is 0.436. The van der Waals surface area contributed by atoms with Crippen LogP contribution in [0.1, 0.15) is 26.7 Å². The molecule has 112 valence electrons. The van der Waals surface area contributed by atoms with E-state index in [0.717, 1.165) is 25.6 Å². The summed E-state index contributed by atoms with van der Waals surface area (Å²) in [6, 6.07) is 9.56. The fourth-order valence-corrected chi connectivity index (χ4v) is 2.92. The second-order valence-electron chi connectivity index (χ2n) is 6.49.